The zero-order valence-electron chi connectivity index (χ0n) is 14.4. The van der Waals surface area contributed by atoms with Gasteiger partial charge in [0.25, 0.3) is 0 Å². The van der Waals surface area contributed by atoms with Gasteiger partial charge in [-0.15, -0.1) is 0 Å². The van der Waals surface area contributed by atoms with Gasteiger partial charge in [-0.1, -0.05) is 30.3 Å². The molecule has 1 heterocycles. The number of benzene rings is 2. The van der Waals surface area contributed by atoms with Crippen molar-refractivity contribution in [1.82, 2.24) is 4.90 Å². The number of anilines is 1. The van der Waals surface area contributed by atoms with Crippen molar-refractivity contribution in [2.75, 3.05) is 31.1 Å². The van der Waals surface area contributed by atoms with Gasteiger partial charge in [-0.2, -0.15) is 5.26 Å². The minimum absolute atomic E-state index is 0.240. The second-order valence-corrected chi connectivity index (χ2v) is 6.15. The lowest BCUT2D eigenvalue weighted by Crippen LogP contribution is -2.35. The summed E-state index contributed by atoms with van der Waals surface area (Å²) >= 11 is 0. The number of carbonyl (C=O) groups is 1. The molecule has 0 aromatic heterocycles. The number of halogens is 1. The summed E-state index contributed by atoms with van der Waals surface area (Å²) in [6.07, 6.45) is 0.371. The number of nitrogens with zero attached hydrogens (tertiary/aromatic N) is 3. The van der Waals surface area contributed by atoms with Gasteiger partial charge in [0.05, 0.1) is 17.3 Å². The maximum Gasteiger partial charge on any atom is 0.410 e. The molecular weight excluding hydrogens is 333 g/mol. The molecule has 3 rings (SSSR count). The molecule has 26 heavy (non-hydrogen) atoms. The van der Waals surface area contributed by atoms with Crippen LogP contribution in [-0.4, -0.2) is 37.2 Å². The standard InChI is InChI=1S/C20H20FN3O2/c21-18-13-17(14-22)7-8-19(18)23-9-4-10-24(12-11-23)20(25)26-15-16-5-2-1-3-6-16/h1-3,5-8,13H,4,9-12,15H2. The maximum absolute atomic E-state index is 14.2. The fourth-order valence-electron chi connectivity index (χ4n) is 2.98. The largest absolute Gasteiger partial charge is 0.445 e. The lowest BCUT2D eigenvalue weighted by Gasteiger charge is -2.24. The molecule has 6 heteroatoms. The van der Waals surface area contributed by atoms with Crippen LogP contribution in [0.2, 0.25) is 0 Å². The van der Waals surface area contributed by atoms with Gasteiger partial charge in [0.15, 0.2) is 0 Å². The first kappa shape index (κ1) is 17.7. The number of amides is 1. The summed E-state index contributed by atoms with van der Waals surface area (Å²) in [6, 6.07) is 15.9. The summed E-state index contributed by atoms with van der Waals surface area (Å²) in [6.45, 7) is 2.44. The molecule has 0 N–H and O–H groups in total. The van der Waals surface area contributed by atoms with E-state index in [1.807, 2.05) is 41.3 Å². The van der Waals surface area contributed by atoms with E-state index < -0.39 is 5.82 Å². The third-order valence-electron chi connectivity index (χ3n) is 4.38. The quantitative estimate of drug-likeness (QED) is 0.847. The van der Waals surface area contributed by atoms with Crippen LogP contribution in [0.4, 0.5) is 14.9 Å². The van der Waals surface area contributed by atoms with Gasteiger partial charge in [0, 0.05) is 26.2 Å². The molecule has 2 aromatic rings. The number of ether oxygens (including phenoxy) is 1. The zero-order valence-corrected chi connectivity index (χ0v) is 14.4. The second kappa shape index (κ2) is 8.34. The Morgan fingerprint density at radius 1 is 1.12 bits per heavy atom. The van der Waals surface area contributed by atoms with Gasteiger partial charge in [-0.05, 0) is 30.2 Å². The highest BCUT2D eigenvalue weighted by Crippen LogP contribution is 2.22. The predicted molar refractivity (Wildman–Crippen MR) is 96.1 cm³/mol. The zero-order chi connectivity index (χ0) is 18.4. The number of nitriles is 1. The summed E-state index contributed by atoms with van der Waals surface area (Å²) in [4.78, 5) is 15.9. The smallest absolute Gasteiger partial charge is 0.410 e. The molecule has 0 unspecified atom stereocenters. The van der Waals surface area contributed by atoms with E-state index in [-0.39, 0.29) is 12.7 Å². The van der Waals surface area contributed by atoms with Crippen molar-refractivity contribution in [3.05, 3.63) is 65.5 Å². The normalized spacial score (nSPS) is 14.5. The van der Waals surface area contributed by atoms with Crippen LogP contribution in [0.3, 0.4) is 0 Å². The van der Waals surface area contributed by atoms with E-state index in [0.29, 0.717) is 37.4 Å². The van der Waals surface area contributed by atoms with Gasteiger partial charge in [-0.25, -0.2) is 9.18 Å². The van der Waals surface area contributed by atoms with Gasteiger partial charge in [0.2, 0.25) is 0 Å². The van der Waals surface area contributed by atoms with Crippen LogP contribution in [-0.2, 0) is 11.3 Å². The van der Waals surface area contributed by atoms with E-state index in [0.717, 1.165) is 12.0 Å². The Kier molecular flexibility index (Phi) is 5.69. The number of rotatable bonds is 3. The molecule has 0 radical (unpaired) electrons. The molecule has 1 aliphatic rings. The van der Waals surface area contributed by atoms with Crippen molar-refractivity contribution in [2.45, 2.75) is 13.0 Å². The van der Waals surface area contributed by atoms with Crippen LogP contribution >= 0.6 is 0 Å². The van der Waals surface area contributed by atoms with E-state index in [9.17, 15) is 9.18 Å². The molecule has 134 valence electrons. The number of hydrogen-bond donors (Lipinski definition) is 0. The minimum Gasteiger partial charge on any atom is -0.445 e. The molecule has 0 aliphatic carbocycles. The molecular formula is C20H20FN3O2. The van der Waals surface area contributed by atoms with Crippen molar-refractivity contribution in [3.8, 4) is 6.07 Å². The van der Waals surface area contributed by atoms with Crippen molar-refractivity contribution in [1.29, 1.82) is 5.26 Å². The summed E-state index contributed by atoms with van der Waals surface area (Å²) in [5.74, 6) is -0.413. The average Bonchev–Trinajstić information content (AvgIpc) is 2.93. The Hall–Kier alpha value is -3.07. The molecule has 1 amide bonds. The fraction of sp³-hybridized carbons (Fsp3) is 0.300. The van der Waals surface area contributed by atoms with E-state index in [2.05, 4.69) is 0 Å². The van der Waals surface area contributed by atoms with Gasteiger partial charge in [0.1, 0.15) is 12.4 Å². The molecule has 0 atom stereocenters. The second-order valence-electron chi connectivity index (χ2n) is 6.15. The molecule has 2 aromatic carbocycles. The molecule has 5 nitrogen and oxygen atoms in total. The summed E-state index contributed by atoms with van der Waals surface area (Å²) < 4.78 is 19.6. The number of hydrogen-bond acceptors (Lipinski definition) is 4. The maximum atomic E-state index is 14.2. The summed E-state index contributed by atoms with van der Waals surface area (Å²) in [7, 11) is 0. The van der Waals surface area contributed by atoms with Crippen LogP contribution < -0.4 is 4.90 Å². The highest BCUT2D eigenvalue weighted by atomic mass is 19.1. The first-order chi connectivity index (χ1) is 12.7. The monoisotopic (exact) mass is 353 g/mol. The van der Waals surface area contributed by atoms with Crippen molar-refractivity contribution in [3.63, 3.8) is 0 Å². The van der Waals surface area contributed by atoms with E-state index in [1.54, 1.807) is 17.0 Å². The van der Waals surface area contributed by atoms with Crippen molar-refractivity contribution in [2.24, 2.45) is 0 Å². The third-order valence-corrected chi connectivity index (χ3v) is 4.38. The summed E-state index contributed by atoms with van der Waals surface area (Å²) in [5, 5.41) is 8.85. The lowest BCUT2D eigenvalue weighted by atomic mass is 10.2. The fourth-order valence-corrected chi connectivity index (χ4v) is 2.98. The molecule has 1 fully saturated rings. The van der Waals surface area contributed by atoms with Crippen LogP contribution in [0.25, 0.3) is 0 Å². The van der Waals surface area contributed by atoms with Crippen LogP contribution in [0.15, 0.2) is 48.5 Å². The van der Waals surface area contributed by atoms with Crippen LogP contribution in [0.5, 0.6) is 0 Å². The molecule has 0 spiro atoms. The van der Waals surface area contributed by atoms with E-state index in [1.165, 1.54) is 6.07 Å². The molecule has 0 saturated carbocycles. The highest BCUT2D eigenvalue weighted by molar-refractivity contribution is 5.68. The predicted octanol–water partition coefficient (Wildman–Crippen LogP) is 3.55. The van der Waals surface area contributed by atoms with Gasteiger partial charge in [-0.3, -0.25) is 0 Å². The lowest BCUT2D eigenvalue weighted by molar-refractivity contribution is 0.0986. The van der Waals surface area contributed by atoms with E-state index in [4.69, 9.17) is 10.00 Å². The molecule has 1 aliphatic heterocycles. The SMILES string of the molecule is N#Cc1ccc(N2CCCN(C(=O)OCc3ccccc3)CC2)c(F)c1. The molecule has 1 saturated heterocycles. The van der Waals surface area contributed by atoms with Crippen molar-refractivity contribution < 1.29 is 13.9 Å². The van der Waals surface area contributed by atoms with Crippen LogP contribution in [0.1, 0.15) is 17.5 Å². The van der Waals surface area contributed by atoms with Crippen LogP contribution in [0, 0.1) is 17.1 Å². The Morgan fingerprint density at radius 3 is 2.65 bits per heavy atom. The summed E-state index contributed by atoms with van der Waals surface area (Å²) in [5.41, 5.74) is 1.70. The highest BCUT2D eigenvalue weighted by Gasteiger charge is 2.22. The number of carbonyl (C=O) groups excluding carboxylic acids is 1. The van der Waals surface area contributed by atoms with E-state index >= 15 is 0 Å². The average molecular weight is 353 g/mol. The Labute approximate surface area is 152 Å². The van der Waals surface area contributed by atoms with Crippen molar-refractivity contribution >= 4 is 11.8 Å². The van der Waals surface area contributed by atoms with Gasteiger partial charge < -0.3 is 14.5 Å². The molecule has 0 bridgehead atoms. The Bertz CT molecular complexity index is 804. The van der Waals surface area contributed by atoms with Gasteiger partial charge >= 0.3 is 6.09 Å². The topological polar surface area (TPSA) is 56.6 Å². The first-order valence-corrected chi connectivity index (χ1v) is 8.57. The Morgan fingerprint density at radius 2 is 1.92 bits per heavy atom. The first-order valence-electron chi connectivity index (χ1n) is 8.57. The minimum atomic E-state index is -0.413. The Balaban J connectivity index is 1.58. The third kappa shape index (κ3) is 4.31.